The largest absolute Gasteiger partial charge is 0.326 e. The fourth-order valence-corrected chi connectivity index (χ4v) is 3.90. The highest BCUT2D eigenvalue weighted by Gasteiger charge is 2.41. The van der Waals surface area contributed by atoms with E-state index in [2.05, 4.69) is 37.9 Å². The number of carbonyl (C=O) groups is 1. The Morgan fingerprint density at radius 2 is 1.86 bits per heavy atom. The van der Waals surface area contributed by atoms with Gasteiger partial charge >= 0.3 is 0 Å². The van der Waals surface area contributed by atoms with Crippen LogP contribution in [0.5, 0.6) is 0 Å². The Morgan fingerprint density at radius 3 is 2.43 bits per heavy atom. The van der Waals surface area contributed by atoms with E-state index in [1.165, 1.54) is 38.5 Å². The molecule has 122 valence electrons. The molecule has 0 bridgehead atoms. The highest BCUT2D eigenvalue weighted by Crippen LogP contribution is 2.29. The zero-order chi connectivity index (χ0) is 15.4. The van der Waals surface area contributed by atoms with Crippen LogP contribution in [0.25, 0.3) is 0 Å². The smallest absolute Gasteiger partial charge is 0.241 e. The lowest BCUT2D eigenvalue weighted by atomic mass is 9.87. The number of rotatable bonds is 6. The van der Waals surface area contributed by atoms with Gasteiger partial charge in [0.25, 0.3) is 0 Å². The first kappa shape index (κ1) is 16.8. The lowest BCUT2D eigenvalue weighted by molar-refractivity contribution is -0.131. The van der Waals surface area contributed by atoms with Gasteiger partial charge in [-0.3, -0.25) is 10.1 Å². The predicted molar refractivity (Wildman–Crippen MR) is 87.9 cm³/mol. The maximum atomic E-state index is 12.8. The highest BCUT2D eigenvalue weighted by molar-refractivity contribution is 5.84. The Morgan fingerprint density at radius 1 is 1.19 bits per heavy atom. The van der Waals surface area contributed by atoms with E-state index in [9.17, 15) is 4.79 Å². The van der Waals surface area contributed by atoms with Crippen LogP contribution in [-0.2, 0) is 4.79 Å². The van der Waals surface area contributed by atoms with Gasteiger partial charge in [0.1, 0.15) is 0 Å². The van der Waals surface area contributed by atoms with E-state index >= 15 is 0 Å². The van der Waals surface area contributed by atoms with Crippen molar-refractivity contribution in [2.75, 3.05) is 6.54 Å². The first-order valence-electron chi connectivity index (χ1n) is 9.11. The van der Waals surface area contributed by atoms with Crippen LogP contribution in [0.3, 0.4) is 0 Å². The monoisotopic (exact) mass is 294 g/mol. The van der Waals surface area contributed by atoms with Crippen molar-refractivity contribution >= 4 is 5.91 Å². The van der Waals surface area contributed by atoms with Crippen molar-refractivity contribution in [1.29, 1.82) is 0 Å². The third-order valence-corrected chi connectivity index (χ3v) is 5.58. The second-order valence-electron chi connectivity index (χ2n) is 7.54. The average Bonchev–Trinajstić information content (AvgIpc) is 2.82. The van der Waals surface area contributed by atoms with Crippen molar-refractivity contribution in [1.82, 2.24) is 10.2 Å². The summed E-state index contributed by atoms with van der Waals surface area (Å²) in [5.41, 5.74) is 0. The van der Waals surface area contributed by atoms with Gasteiger partial charge in [-0.15, -0.1) is 0 Å². The van der Waals surface area contributed by atoms with Gasteiger partial charge in [0.2, 0.25) is 5.91 Å². The number of nitrogens with zero attached hydrogens (tertiary/aromatic N) is 1. The van der Waals surface area contributed by atoms with Crippen molar-refractivity contribution < 1.29 is 4.79 Å². The normalized spacial score (nSPS) is 29.4. The molecule has 3 atom stereocenters. The number of hydrogen-bond acceptors (Lipinski definition) is 2. The third-order valence-electron chi connectivity index (χ3n) is 5.58. The predicted octanol–water partition coefficient (Wildman–Crippen LogP) is 3.79. The van der Waals surface area contributed by atoms with Crippen LogP contribution in [0, 0.1) is 17.8 Å². The molecule has 2 aliphatic rings. The van der Waals surface area contributed by atoms with Crippen molar-refractivity contribution in [3.05, 3.63) is 0 Å². The minimum atomic E-state index is 0.0359. The number of nitrogens with one attached hydrogen (secondary N) is 1. The van der Waals surface area contributed by atoms with Crippen LogP contribution in [0.4, 0.5) is 0 Å². The second kappa shape index (κ2) is 7.62. The maximum Gasteiger partial charge on any atom is 0.241 e. The molecule has 0 aromatic rings. The molecule has 1 aliphatic carbocycles. The van der Waals surface area contributed by atoms with E-state index in [1.807, 2.05) is 0 Å². The molecule has 0 aromatic heterocycles. The molecule has 1 aliphatic heterocycles. The Balaban J connectivity index is 1.95. The molecular weight excluding hydrogens is 260 g/mol. The summed E-state index contributed by atoms with van der Waals surface area (Å²) < 4.78 is 0. The molecule has 1 heterocycles. The van der Waals surface area contributed by atoms with Gasteiger partial charge in [-0.1, -0.05) is 66.2 Å². The minimum Gasteiger partial charge on any atom is -0.326 e. The van der Waals surface area contributed by atoms with E-state index in [0.29, 0.717) is 17.7 Å². The van der Waals surface area contributed by atoms with E-state index in [4.69, 9.17) is 0 Å². The molecule has 3 nitrogen and oxygen atoms in total. The van der Waals surface area contributed by atoms with Gasteiger partial charge in [-0.2, -0.15) is 0 Å². The average molecular weight is 294 g/mol. The quantitative estimate of drug-likeness (QED) is 0.808. The molecule has 1 N–H and O–H groups in total. The van der Waals surface area contributed by atoms with Crippen LogP contribution in [0.2, 0.25) is 0 Å². The van der Waals surface area contributed by atoms with Crippen LogP contribution in [0.15, 0.2) is 0 Å². The molecule has 0 spiro atoms. The molecule has 3 unspecified atom stereocenters. The van der Waals surface area contributed by atoms with Gasteiger partial charge in [0, 0.05) is 6.54 Å². The molecule has 1 saturated carbocycles. The number of amides is 1. The summed E-state index contributed by atoms with van der Waals surface area (Å²) in [6, 6.07) is 0.0359. The van der Waals surface area contributed by atoms with Gasteiger partial charge in [-0.05, 0) is 24.2 Å². The number of carbonyl (C=O) groups excluding carboxylic acids is 1. The van der Waals surface area contributed by atoms with Gasteiger partial charge in [0.15, 0.2) is 0 Å². The Labute approximate surface area is 130 Å². The summed E-state index contributed by atoms with van der Waals surface area (Å²) in [6.45, 7) is 9.76. The SMILES string of the molecule is CCC(C)C1NC(C(C)C)N(CCC2CCCCC2)C1=O. The molecule has 21 heavy (non-hydrogen) atoms. The maximum absolute atomic E-state index is 12.8. The van der Waals surface area contributed by atoms with E-state index in [1.54, 1.807) is 0 Å². The second-order valence-corrected chi connectivity index (χ2v) is 7.54. The topological polar surface area (TPSA) is 32.3 Å². The molecule has 1 amide bonds. The van der Waals surface area contributed by atoms with Crippen molar-refractivity contribution in [2.24, 2.45) is 17.8 Å². The zero-order valence-corrected chi connectivity index (χ0v) is 14.4. The summed E-state index contributed by atoms with van der Waals surface area (Å²) in [7, 11) is 0. The fraction of sp³-hybridized carbons (Fsp3) is 0.944. The Hall–Kier alpha value is -0.570. The number of hydrogen-bond donors (Lipinski definition) is 1. The van der Waals surface area contributed by atoms with E-state index < -0.39 is 0 Å². The van der Waals surface area contributed by atoms with Crippen LogP contribution >= 0.6 is 0 Å². The summed E-state index contributed by atoms with van der Waals surface area (Å²) in [6.07, 6.45) is 9.42. The lowest BCUT2D eigenvalue weighted by Gasteiger charge is -2.30. The summed E-state index contributed by atoms with van der Waals surface area (Å²) in [5, 5.41) is 3.61. The Bertz CT molecular complexity index is 336. The summed E-state index contributed by atoms with van der Waals surface area (Å²) >= 11 is 0. The van der Waals surface area contributed by atoms with E-state index in [0.717, 1.165) is 18.9 Å². The van der Waals surface area contributed by atoms with E-state index in [-0.39, 0.29) is 12.2 Å². The molecule has 3 heteroatoms. The van der Waals surface area contributed by atoms with Gasteiger partial charge in [-0.25, -0.2) is 0 Å². The van der Waals surface area contributed by atoms with Crippen molar-refractivity contribution in [3.63, 3.8) is 0 Å². The minimum absolute atomic E-state index is 0.0359. The third kappa shape index (κ3) is 4.00. The molecular formula is C18H34N2O. The lowest BCUT2D eigenvalue weighted by Crippen LogP contribution is -2.42. The zero-order valence-electron chi connectivity index (χ0n) is 14.4. The molecule has 2 fully saturated rings. The van der Waals surface area contributed by atoms with Crippen LogP contribution in [-0.4, -0.2) is 29.6 Å². The van der Waals surface area contributed by atoms with Gasteiger partial charge < -0.3 is 4.90 Å². The summed E-state index contributed by atoms with van der Waals surface area (Å²) in [5.74, 6) is 2.11. The first-order chi connectivity index (χ1) is 10.0. The molecule has 0 aromatic carbocycles. The van der Waals surface area contributed by atoms with Gasteiger partial charge in [0.05, 0.1) is 12.2 Å². The fourth-order valence-electron chi connectivity index (χ4n) is 3.90. The molecule has 1 saturated heterocycles. The summed E-state index contributed by atoms with van der Waals surface area (Å²) in [4.78, 5) is 14.9. The molecule has 2 rings (SSSR count). The van der Waals surface area contributed by atoms with Crippen LogP contribution < -0.4 is 5.32 Å². The standard InChI is InChI=1S/C18H34N2O/c1-5-14(4)16-18(21)20(17(19-16)13(2)3)12-11-15-9-7-6-8-10-15/h13-17,19H,5-12H2,1-4H3. The van der Waals surface area contributed by atoms with Crippen molar-refractivity contribution in [2.45, 2.75) is 84.8 Å². The first-order valence-corrected chi connectivity index (χ1v) is 9.11. The molecule has 0 radical (unpaired) electrons. The highest BCUT2D eigenvalue weighted by atomic mass is 16.2. The van der Waals surface area contributed by atoms with Crippen LogP contribution in [0.1, 0.15) is 72.6 Å². The van der Waals surface area contributed by atoms with Crippen molar-refractivity contribution in [3.8, 4) is 0 Å². The Kier molecular flexibility index (Phi) is 6.09.